The van der Waals surface area contributed by atoms with E-state index in [2.05, 4.69) is 38.1 Å². The Labute approximate surface area is 142 Å². The Morgan fingerprint density at radius 3 is 2.91 bits per heavy atom. The van der Waals surface area contributed by atoms with E-state index in [0.717, 1.165) is 34.2 Å². The molecule has 0 unspecified atom stereocenters. The zero-order valence-corrected chi connectivity index (χ0v) is 14.6. The van der Waals surface area contributed by atoms with Crippen molar-refractivity contribution in [2.75, 3.05) is 5.32 Å². The molecule has 3 aromatic rings. The number of rotatable bonds is 4. The number of nitrogens with zero attached hydrogens (tertiary/aromatic N) is 3. The second-order valence-corrected chi connectivity index (χ2v) is 6.32. The van der Waals surface area contributed by atoms with Crippen LogP contribution in [0.2, 0.25) is 0 Å². The minimum Gasteiger partial charge on any atom is -0.305 e. The lowest BCUT2D eigenvalue weighted by Gasteiger charge is -2.07. The topological polar surface area (TPSA) is 59.3 Å². The molecule has 0 aromatic carbocycles. The van der Waals surface area contributed by atoms with Gasteiger partial charge in [-0.15, -0.1) is 0 Å². The van der Waals surface area contributed by atoms with Crippen LogP contribution < -0.4 is 5.32 Å². The minimum absolute atomic E-state index is 0.197. The summed E-state index contributed by atoms with van der Waals surface area (Å²) >= 11 is 3.45. The lowest BCUT2D eigenvalue weighted by atomic mass is 10.2. The molecule has 0 atom stereocenters. The van der Waals surface area contributed by atoms with Crippen LogP contribution in [0.15, 0.2) is 41.1 Å². The molecule has 6 heteroatoms. The molecule has 0 spiro atoms. The molecule has 3 heterocycles. The summed E-state index contributed by atoms with van der Waals surface area (Å²) in [5.41, 5.74) is 3.17. The molecule has 0 radical (unpaired) electrons. The second kappa shape index (κ2) is 6.50. The Hall–Kier alpha value is -2.21. The smallest absolute Gasteiger partial charge is 0.275 e. The molecule has 3 aromatic heterocycles. The number of halogens is 1. The van der Waals surface area contributed by atoms with Crippen molar-refractivity contribution in [3.8, 4) is 0 Å². The largest absolute Gasteiger partial charge is 0.305 e. The summed E-state index contributed by atoms with van der Waals surface area (Å²) in [4.78, 5) is 21.6. The standard InChI is InChI=1S/C17H17BrN4O/c1-3-4-13-16(22-10-12(18)5-6-15(22)20-13)17(23)21-14-9-11(2)7-8-19-14/h5-10H,3-4H2,1-2H3,(H,19,21,23). The second-order valence-electron chi connectivity index (χ2n) is 5.41. The number of aryl methyl sites for hydroxylation is 2. The maximum absolute atomic E-state index is 12.8. The summed E-state index contributed by atoms with van der Waals surface area (Å²) in [7, 11) is 0. The Morgan fingerprint density at radius 1 is 1.35 bits per heavy atom. The number of amides is 1. The highest BCUT2D eigenvalue weighted by atomic mass is 79.9. The van der Waals surface area contributed by atoms with Gasteiger partial charge in [-0.25, -0.2) is 9.97 Å². The summed E-state index contributed by atoms with van der Waals surface area (Å²) in [5, 5.41) is 2.87. The first-order chi connectivity index (χ1) is 11.1. The molecular formula is C17H17BrN4O. The van der Waals surface area contributed by atoms with E-state index in [1.807, 2.05) is 41.8 Å². The Kier molecular flexibility index (Phi) is 4.43. The van der Waals surface area contributed by atoms with Crippen LogP contribution >= 0.6 is 15.9 Å². The van der Waals surface area contributed by atoms with Crippen LogP contribution in [0.25, 0.3) is 5.65 Å². The van der Waals surface area contributed by atoms with E-state index in [1.165, 1.54) is 0 Å². The number of pyridine rings is 2. The lowest BCUT2D eigenvalue weighted by molar-refractivity contribution is 0.102. The predicted octanol–water partition coefficient (Wildman–Crippen LogP) is 4.01. The van der Waals surface area contributed by atoms with Gasteiger partial charge in [0.15, 0.2) is 0 Å². The molecule has 1 N–H and O–H groups in total. The molecule has 3 rings (SSSR count). The number of fused-ring (bicyclic) bond motifs is 1. The lowest BCUT2D eigenvalue weighted by Crippen LogP contribution is -2.17. The Balaban J connectivity index is 2.04. The summed E-state index contributed by atoms with van der Waals surface area (Å²) in [6.45, 7) is 4.04. The first-order valence-electron chi connectivity index (χ1n) is 7.49. The van der Waals surface area contributed by atoms with E-state index < -0.39 is 0 Å². The highest BCUT2D eigenvalue weighted by molar-refractivity contribution is 9.10. The van der Waals surface area contributed by atoms with Crippen LogP contribution in [0.3, 0.4) is 0 Å². The van der Waals surface area contributed by atoms with Crippen molar-refractivity contribution >= 4 is 33.3 Å². The fraction of sp³-hybridized carbons (Fsp3) is 0.235. The van der Waals surface area contributed by atoms with Crippen molar-refractivity contribution in [3.05, 3.63) is 58.1 Å². The van der Waals surface area contributed by atoms with Crippen molar-refractivity contribution < 1.29 is 4.79 Å². The normalized spacial score (nSPS) is 10.9. The number of imidazole rings is 1. The first-order valence-corrected chi connectivity index (χ1v) is 8.28. The third-order valence-corrected chi connectivity index (χ3v) is 3.98. The van der Waals surface area contributed by atoms with Crippen LogP contribution in [0, 0.1) is 6.92 Å². The van der Waals surface area contributed by atoms with Gasteiger partial charge in [-0.1, -0.05) is 13.3 Å². The van der Waals surface area contributed by atoms with Gasteiger partial charge in [0, 0.05) is 16.9 Å². The molecule has 0 fully saturated rings. The first kappa shape index (κ1) is 15.7. The van der Waals surface area contributed by atoms with E-state index in [1.54, 1.807) is 6.20 Å². The van der Waals surface area contributed by atoms with E-state index in [-0.39, 0.29) is 5.91 Å². The van der Waals surface area contributed by atoms with Crippen LogP contribution in [-0.4, -0.2) is 20.3 Å². The molecule has 23 heavy (non-hydrogen) atoms. The summed E-state index contributed by atoms with van der Waals surface area (Å²) < 4.78 is 2.72. The van der Waals surface area contributed by atoms with E-state index >= 15 is 0 Å². The number of carbonyl (C=O) groups is 1. The van der Waals surface area contributed by atoms with Crippen molar-refractivity contribution in [2.24, 2.45) is 0 Å². The molecule has 0 aliphatic carbocycles. The molecule has 0 aliphatic heterocycles. The van der Waals surface area contributed by atoms with E-state index in [4.69, 9.17) is 0 Å². The summed E-state index contributed by atoms with van der Waals surface area (Å²) in [6.07, 6.45) is 5.22. The zero-order chi connectivity index (χ0) is 16.4. The maximum atomic E-state index is 12.8. The molecule has 5 nitrogen and oxygen atoms in total. The highest BCUT2D eigenvalue weighted by Crippen LogP contribution is 2.19. The van der Waals surface area contributed by atoms with Crippen LogP contribution in [-0.2, 0) is 6.42 Å². The average Bonchev–Trinajstić information content (AvgIpc) is 2.85. The Morgan fingerprint density at radius 2 is 2.17 bits per heavy atom. The molecule has 0 bridgehead atoms. The number of hydrogen-bond donors (Lipinski definition) is 1. The zero-order valence-electron chi connectivity index (χ0n) is 13.0. The number of hydrogen-bond acceptors (Lipinski definition) is 3. The molecule has 118 valence electrons. The third kappa shape index (κ3) is 3.27. The van der Waals surface area contributed by atoms with Gasteiger partial charge in [0.1, 0.15) is 17.2 Å². The van der Waals surface area contributed by atoms with Crippen LogP contribution in [0.1, 0.15) is 35.1 Å². The monoisotopic (exact) mass is 372 g/mol. The van der Waals surface area contributed by atoms with Crippen molar-refractivity contribution in [2.45, 2.75) is 26.7 Å². The van der Waals surface area contributed by atoms with Gasteiger partial charge in [-0.05, 0) is 59.1 Å². The maximum Gasteiger partial charge on any atom is 0.275 e. The van der Waals surface area contributed by atoms with Gasteiger partial charge in [0.25, 0.3) is 5.91 Å². The molecule has 0 saturated carbocycles. The van der Waals surface area contributed by atoms with Gasteiger partial charge in [-0.2, -0.15) is 0 Å². The number of aromatic nitrogens is 3. The van der Waals surface area contributed by atoms with Crippen molar-refractivity contribution in [1.29, 1.82) is 0 Å². The van der Waals surface area contributed by atoms with E-state index in [9.17, 15) is 4.79 Å². The molecular weight excluding hydrogens is 356 g/mol. The average molecular weight is 373 g/mol. The third-order valence-electron chi connectivity index (χ3n) is 3.51. The van der Waals surface area contributed by atoms with Crippen LogP contribution in [0.5, 0.6) is 0 Å². The van der Waals surface area contributed by atoms with Gasteiger partial charge in [0.2, 0.25) is 0 Å². The Bertz CT molecular complexity index is 872. The molecule has 1 amide bonds. The van der Waals surface area contributed by atoms with Crippen molar-refractivity contribution in [1.82, 2.24) is 14.4 Å². The van der Waals surface area contributed by atoms with Gasteiger partial charge >= 0.3 is 0 Å². The van der Waals surface area contributed by atoms with Crippen molar-refractivity contribution in [3.63, 3.8) is 0 Å². The fourth-order valence-corrected chi connectivity index (χ4v) is 2.84. The van der Waals surface area contributed by atoms with E-state index in [0.29, 0.717) is 11.5 Å². The summed E-state index contributed by atoms with van der Waals surface area (Å²) in [6, 6.07) is 7.55. The van der Waals surface area contributed by atoms with Gasteiger partial charge in [0.05, 0.1) is 5.69 Å². The summed E-state index contributed by atoms with van der Waals surface area (Å²) in [5.74, 6) is 0.347. The predicted molar refractivity (Wildman–Crippen MR) is 93.8 cm³/mol. The quantitative estimate of drug-likeness (QED) is 0.752. The molecule has 0 saturated heterocycles. The SMILES string of the molecule is CCCc1nc2ccc(Br)cn2c1C(=O)Nc1cc(C)ccn1. The number of carbonyl (C=O) groups excluding carboxylic acids is 1. The number of anilines is 1. The fourth-order valence-electron chi connectivity index (χ4n) is 2.50. The van der Waals surface area contributed by atoms with Gasteiger partial charge in [-0.3, -0.25) is 9.20 Å². The highest BCUT2D eigenvalue weighted by Gasteiger charge is 2.19. The number of nitrogens with one attached hydrogen (secondary N) is 1. The molecule has 0 aliphatic rings. The van der Waals surface area contributed by atoms with Gasteiger partial charge < -0.3 is 5.32 Å². The van der Waals surface area contributed by atoms with Crippen LogP contribution in [0.4, 0.5) is 5.82 Å². The minimum atomic E-state index is -0.197.